The molecule has 0 aliphatic heterocycles. The minimum Gasteiger partial charge on any atom is -0.238 e. The minimum atomic E-state index is 0.333. The van der Waals surface area contributed by atoms with Gasteiger partial charge in [-0.25, -0.2) is 15.0 Å². The number of nitrogens with zero attached hydrogens (tertiary/aromatic N) is 3. The molecule has 0 atom stereocenters. The first-order chi connectivity index (χ1) is 10.0. The molecule has 0 aliphatic carbocycles. The van der Waals surface area contributed by atoms with E-state index in [1.165, 1.54) is 16.9 Å². The second-order valence-electron chi connectivity index (χ2n) is 4.62. The lowest BCUT2D eigenvalue weighted by atomic mass is 10.1. The Morgan fingerprint density at radius 3 is 2.05 bits per heavy atom. The van der Waals surface area contributed by atoms with E-state index in [0.717, 1.165) is 10.6 Å². The Hall–Kier alpha value is -1.49. The number of benzene rings is 1. The summed E-state index contributed by atoms with van der Waals surface area (Å²) in [5, 5.41) is 3.51. The highest BCUT2D eigenvalue weighted by atomic mass is 35.5. The van der Waals surface area contributed by atoms with Gasteiger partial charge in [-0.3, -0.25) is 0 Å². The molecule has 21 heavy (non-hydrogen) atoms. The summed E-state index contributed by atoms with van der Waals surface area (Å²) < 4.78 is 0. The lowest BCUT2D eigenvalue weighted by molar-refractivity contribution is 1.14. The summed E-state index contributed by atoms with van der Waals surface area (Å²) >= 11 is 14.1. The first-order valence-electron chi connectivity index (χ1n) is 6.27. The Kier molecular flexibility index (Phi) is 3.93. The lowest BCUT2D eigenvalue weighted by Crippen LogP contribution is -1.95. The molecular weight excluding hydrogens is 325 g/mol. The van der Waals surface area contributed by atoms with E-state index in [4.69, 9.17) is 23.2 Å². The first-order valence-corrected chi connectivity index (χ1v) is 7.91. The first kappa shape index (κ1) is 14.4. The van der Waals surface area contributed by atoms with Crippen LogP contribution >= 0.6 is 34.5 Å². The van der Waals surface area contributed by atoms with Crippen molar-refractivity contribution in [3.63, 3.8) is 0 Å². The summed E-state index contributed by atoms with van der Waals surface area (Å²) in [6, 6.07) is 7.91. The Balaban J connectivity index is 2.10. The van der Waals surface area contributed by atoms with Crippen LogP contribution in [-0.4, -0.2) is 15.0 Å². The Labute approximate surface area is 136 Å². The number of aryl methyl sites for hydroxylation is 2. The molecule has 0 unspecified atom stereocenters. The van der Waals surface area contributed by atoms with E-state index in [1.54, 1.807) is 0 Å². The van der Waals surface area contributed by atoms with Gasteiger partial charge in [-0.05, 0) is 19.4 Å². The maximum Gasteiger partial charge on any atom is 0.181 e. The average Bonchev–Trinajstić information content (AvgIpc) is 2.87. The molecule has 6 heteroatoms. The number of halogens is 2. The maximum absolute atomic E-state index is 6.31. The van der Waals surface area contributed by atoms with Crippen molar-refractivity contribution in [2.75, 3.05) is 0 Å². The third kappa shape index (κ3) is 2.93. The summed E-state index contributed by atoms with van der Waals surface area (Å²) in [6.45, 7) is 3.95. The van der Waals surface area contributed by atoms with Crippen molar-refractivity contribution < 1.29 is 0 Å². The van der Waals surface area contributed by atoms with Crippen molar-refractivity contribution in [1.29, 1.82) is 0 Å². The van der Waals surface area contributed by atoms with Crippen LogP contribution in [-0.2, 0) is 0 Å². The van der Waals surface area contributed by atoms with Gasteiger partial charge >= 0.3 is 0 Å². The van der Waals surface area contributed by atoms with Crippen molar-refractivity contribution >= 4 is 34.5 Å². The highest BCUT2D eigenvalue weighted by Crippen LogP contribution is 2.34. The van der Waals surface area contributed by atoms with E-state index in [-0.39, 0.29) is 0 Å². The second-order valence-corrected chi connectivity index (χ2v) is 6.40. The number of aromatic nitrogens is 3. The second kappa shape index (κ2) is 5.72. The van der Waals surface area contributed by atoms with Gasteiger partial charge < -0.3 is 0 Å². The molecule has 0 aliphatic rings. The summed E-state index contributed by atoms with van der Waals surface area (Å²) in [5.41, 5.74) is 3.41. The van der Waals surface area contributed by atoms with E-state index < -0.39 is 0 Å². The predicted molar refractivity (Wildman–Crippen MR) is 88.1 cm³/mol. The molecule has 0 spiro atoms. The highest BCUT2D eigenvalue weighted by Gasteiger charge is 2.15. The number of hydrogen-bond acceptors (Lipinski definition) is 4. The van der Waals surface area contributed by atoms with Crippen LogP contribution in [0.15, 0.2) is 29.6 Å². The molecule has 0 saturated carbocycles. The summed E-state index contributed by atoms with van der Waals surface area (Å²) in [4.78, 5) is 13.0. The average molecular weight is 336 g/mol. The van der Waals surface area contributed by atoms with Gasteiger partial charge in [0.1, 0.15) is 16.0 Å². The number of thiazole rings is 1. The van der Waals surface area contributed by atoms with Crippen molar-refractivity contribution in [3.8, 4) is 22.6 Å². The Morgan fingerprint density at radius 2 is 1.52 bits per heavy atom. The van der Waals surface area contributed by atoms with Gasteiger partial charge in [-0.1, -0.05) is 53.0 Å². The molecule has 2 aromatic heterocycles. The minimum absolute atomic E-state index is 0.333. The molecule has 0 bridgehead atoms. The molecule has 3 aromatic rings. The number of rotatable bonds is 2. The Morgan fingerprint density at radius 1 is 0.905 bits per heavy atom. The molecule has 3 rings (SSSR count). The molecule has 1 aromatic carbocycles. The fourth-order valence-corrected chi connectivity index (χ4v) is 3.14. The topological polar surface area (TPSA) is 38.7 Å². The standard InChI is InChI=1S/C15H11Cl2N3S/c1-8-3-5-10(6-4-8)12-13(16)19-15(20-14(12)17)11-7-21-9(2)18-11/h3-7H,1-2H3. The van der Waals surface area contributed by atoms with E-state index in [9.17, 15) is 0 Å². The van der Waals surface area contributed by atoms with Gasteiger partial charge in [-0.2, -0.15) is 0 Å². The van der Waals surface area contributed by atoms with E-state index in [2.05, 4.69) is 15.0 Å². The zero-order valence-electron chi connectivity index (χ0n) is 11.4. The predicted octanol–water partition coefficient (Wildman–Crippen LogP) is 5.19. The van der Waals surface area contributed by atoms with Crippen molar-refractivity contribution in [1.82, 2.24) is 15.0 Å². The van der Waals surface area contributed by atoms with Crippen LogP contribution in [0.1, 0.15) is 10.6 Å². The van der Waals surface area contributed by atoms with Crippen molar-refractivity contribution in [2.24, 2.45) is 0 Å². The van der Waals surface area contributed by atoms with Crippen LogP contribution in [0.3, 0.4) is 0 Å². The van der Waals surface area contributed by atoms with Crippen molar-refractivity contribution in [2.45, 2.75) is 13.8 Å². The van der Waals surface area contributed by atoms with Crippen molar-refractivity contribution in [3.05, 3.63) is 50.5 Å². The molecule has 2 heterocycles. The molecule has 0 saturated heterocycles. The third-order valence-electron chi connectivity index (χ3n) is 3.01. The molecule has 106 valence electrons. The van der Waals surface area contributed by atoms with Gasteiger partial charge in [0.25, 0.3) is 0 Å². The zero-order chi connectivity index (χ0) is 15.0. The smallest absolute Gasteiger partial charge is 0.181 e. The normalized spacial score (nSPS) is 10.9. The van der Waals surface area contributed by atoms with Crippen LogP contribution < -0.4 is 0 Å². The monoisotopic (exact) mass is 335 g/mol. The van der Waals surface area contributed by atoms with Gasteiger partial charge in [0.2, 0.25) is 0 Å². The molecular formula is C15H11Cl2N3S. The van der Waals surface area contributed by atoms with Gasteiger partial charge in [-0.15, -0.1) is 11.3 Å². The molecule has 0 radical (unpaired) electrons. The molecule has 0 N–H and O–H groups in total. The lowest BCUT2D eigenvalue weighted by Gasteiger charge is -2.08. The van der Waals surface area contributed by atoms with Gasteiger partial charge in [0.05, 0.1) is 10.6 Å². The van der Waals surface area contributed by atoms with Gasteiger partial charge in [0, 0.05) is 5.38 Å². The molecule has 0 fully saturated rings. The van der Waals surface area contributed by atoms with Crippen LogP contribution in [0, 0.1) is 13.8 Å². The van der Waals surface area contributed by atoms with Crippen LogP contribution in [0.4, 0.5) is 0 Å². The highest BCUT2D eigenvalue weighted by molar-refractivity contribution is 7.09. The van der Waals surface area contributed by atoms with Crippen LogP contribution in [0.2, 0.25) is 10.3 Å². The number of hydrogen-bond donors (Lipinski definition) is 0. The zero-order valence-corrected chi connectivity index (χ0v) is 13.7. The maximum atomic E-state index is 6.31. The summed E-state index contributed by atoms with van der Waals surface area (Å²) in [5.74, 6) is 0.449. The third-order valence-corrected chi connectivity index (χ3v) is 4.33. The SMILES string of the molecule is Cc1ccc(-c2c(Cl)nc(-c3csc(C)n3)nc2Cl)cc1. The van der Waals surface area contributed by atoms with E-state index in [0.29, 0.717) is 27.4 Å². The molecule has 0 amide bonds. The Bertz CT molecular complexity index is 774. The summed E-state index contributed by atoms with van der Waals surface area (Å²) in [6.07, 6.45) is 0. The quantitative estimate of drug-likeness (QED) is 0.605. The van der Waals surface area contributed by atoms with Crippen LogP contribution in [0.25, 0.3) is 22.6 Å². The molecule has 3 nitrogen and oxygen atoms in total. The largest absolute Gasteiger partial charge is 0.238 e. The van der Waals surface area contributed by atoms with E-state index >= 15 is 0 Å². The van der Waals surface area contributed by atoms with Crippen LogP contribution in [0.5, 0.6) is 0 Å². The fraction of sp³-hybridized carbons (Fsp3) is 0.133. The summed E-state index contributed by atoms with van der Waals surface area (Å²) in [7, 11) is 0. The van der Waals surface area contributed by atoms with Gasteiger partial charge in [0.15, 0.2) is 5.82 Å². The van der Waals surface area contributed by atoms with E-state index in [1.807, 2.05) is 43.5 Å². The fourth-order valence-electron chi connectivity index (χ4n) is 1.95.